The van der Waals surface area contributed by atoms with Crippen LogP contribution >= 0.6 is 11.6 Å². The molecule has 14 heavy (non-hydrogen) atoms. The van der Waals surface area contributed by atoms with Gasteiger partial charge >= 0.3 is 5.97 Å². The monoisotopic (exact) mass is 216 g/mol. The summed E-state index contributed by atoms with van der Waals surface area (Å²) in [4.78, 5) is 10.4. The summed E-state index contributed by atoms with van der Waals surface area (Å²) in [6.45, 7) is 1.74. The highest BCUT2D eigenvalue weighted by Gasteiger charge is 2.13. The van der Waals surface area contributed by atoms with E-state index in [9.17, 15) is 9.18 Å². The zero-order chi connectivity index (χ0) is 10.7. The van der Waals surface area contributed by atoms with Crippen LogP contribution in [-0.2, 0) is 4.79 Å². The van der Waals surface area contributed by atoms with Crippen LogP contribution in [0.1, 0.15) is 24.8 Å². The lowest BCUT2D eigenvalue weighted by atomic mass is 9.98. The van der Waals surface area contributed by atoms with Gasteiger partial charge in [0.1, 0.15) is 5.82 Å². The Balaban J connectivity index is 2.90. The van der Waals surface area contributed by atoms with Crippen molar-refractivity contribution in [2.45, 2.75) is 19.3 Å². The van der Waals surface area contributed by atoms with E-state index in [2.05, 4.69) is 0 Å². The molecule has 0 fully saturated rings. The van der Waals surface area contributed by atoms with Gasteiger partial charge < -0.3 is 5.11 Å². The van der Waals surface area contributed by atoms with Crippen LogP contribution < -0.4 is 0 Å². The third-order valence-electron chi connectivity index (χ3n) is 1.97. The van der Waals surface area contributed by atoms with Gasteiger partial charge in [-0.3, -0.25) is 4.79 Å². The van der Waals surface area contributed by atoms with Crippen molar-refractivity contribution in [1.29, 1.82) is 0 Å². The Kier molecular flexibility index (Phi) is 3.47. The number of halogens is 2. The molecule has 0 saturated heterocycles. The molecule has 1 N–H and O–H groups in total. The Hall–Kier alpha value is -1.09. The van der Waals surface area contributed by atoms with E-state index >= 15 is 0 Å². The van der Waals surface area contributed by atoms with Gasteiger partial charge in [-0.25, -0.2) is 4.39 Å². The summed E-state index contributed by atoms with van der Waals surface area (Å²) in [5.41, 5.74) is 0.662. The SMILES string of the molecule is CC(CC(=O)O)c1ccc(F)cc1Cl. The first kappa shape index (κ1) is 11.0. The second-order valence-corrected chi connectivity index (χ2v) is 3.57. The van der Waals surface area contributed by atoms with E-state index < -0.39 is 11.8 Å². The van der Waals surface area contributed by atoms with Crippen molar-refractivity contribution < 1.29 is 14.3 Å². The van der Waals surface area contributed by atoms with E-state index in [0.717, 1.165) is 0 Å². The standard InChI is InChI=1S/C10H10ClFO2/c1-6(4-10(13)14)8-3-2-7(12)5-9(8)11/h2-3,5-6H,4H2,1H3,(H,13,14). The molecule has 0 bridgehead atoms. The van der Waals surface area contributed by atoms with Gasteiger partial charge in [-0.2, -0.15) is 0 Å². The maximum atomic E-state index is 12.7. The second kappa shape index (κ2) is 4.42. The first-order valence-corrected chi connectivity index (χ1v) is 4.55. The lowest BCUT2D eigenvalue weighted by Crippen LogP contribution is -2.03. The molecule has 0 amide bonds. The van der Waals surface area contributed by atoms with E-state index in [-0.39, 0.29) is 17.4 Å². The van der Waals surface area contributed by atoms with Crippen LogP contribution in [0.2, 0.25) is 5.02 Å². The van der Waals surface area contributed by atoms with Crippen LogP contribution in [0.5, 0.6) is 0 Å². The molecule has 2 nitrogen and oxygen atoms in total. The molecule has 1 rings (SSSR count). The molecule has 0 aliphatic heterocycles. The molecular formula is C10H10ClFO2. The average molecular weight is 217 g/mol. The molecule has 1 unspecified atom stereocenters. The fourth-order valence-electron chi connectivity index (χ4n) is 1.27. The number of carboxylic acid groups (broad SMARTS) is 1. The van der Waals surface area contributed by atoms with Gasteiger partial charge in [-0.15, -0.1) is 0 Å². The van der Waals surface area contributed by atoms with E-state index in [0.29, 0.717) is 5.56 Å². The summed E-state index contributed by atoms with van der Waals surface area (Å²) in [5, 5.41) is 8.85. The quantitative estimate of drug-likeness (QED) is 0.843. The Bertz CT molecular complexity index is 352. The second-order valence-electron chi connectivity index (χ2n) is 3.16. The molecular weight excluding hydrogens is 207 g/mol. The summed E-state index contributed by atoms with van der Waals surface area (Å²) in [5.74, 6) is -1.51. The number of benzene rings is 1. The molecule has 0 aliphatic rings. The molecule has 1 atom stereocenters. The van der Waals surface area contributed by atoms with E-state index in [4.69, 9.17) is 16.7 Å². The predicted molar refractivity (Wildman–Crippen MR) is 52.1 cm³/mol. The number of carboxylic acids is 1. The smallest absolute Gasteiger partial charge is 0.303 e. The summed E-state index contributed by atoms with van der Waals surface area (Å²) >= 11 is 5.77. The minimum Gasteiger partial charge on any atom is -0.481 e. The Morgan fingerprint density at radius 3 is 2.79 bits per heavy atom. The highest BCUT2D eigenvalue weighted by Crippen LogP contribution is 2.27. The van der Waals surface area contributed by atoms with Crippen LogP contribution in [0.3, 0.4) is 0 Å². The molecule has 0 saturated carbocycles. The zero-order valence-corrected chi connectivity index (χ0v) is 8.38. The van der Waals surface area contributed by atoms with Crippen molar-refractivity contribution >= 4 is 17.6 Å². The van der Waals surface area contributed by atoms with Gasteiger partial charge in [0.15, 0.2) is 0 Å². The van der Waals surface area contributed by atoms with Crippen LogP contribution in [0.25, 0.3) is 0 Å². The van der Waals surface area contributed by atoms with Gasteiger partial charge in [-0.05, 0) is 23.6 Å². The molecule has 1 aromatic rings. The first-order valence-electron chi connectivity index (χ1n) is 4.17. The molecule has 0 heterocycles. The van der Waals surface area contributed by atoms with E-state index in [1.54, 1.807) is 6.92 Å². The fraction of sp³-hybridized carbons (Fsp3) is 0.300. The summed E-state index contributed by atoms with van der Waals surface area (Å²) in [7, 11) is 0. The van der Waals surface area contributed by atoms with Crippen molar-refractivity contribution in [2.75, 3.05) is 0 Å². The van der Waals surface area contributed by atoms with Crippen LogP contribution in [0.15, 0.2) is 18.2 Å². The van der Waals surface area contributed by atoms with Gasteiger partial charge in [0.05, 0.1) is 6.42 Å². The minimum atomic E-state index is -0.891. The van der Waals surface area contributed by atoms with Crippen molar-refractivity contribution in [3.05, 3.63) is 34.6 Å². The highest BCUT2D eigenvalue weighted by molar-refractivity contribution is 6.31. The first-order chi connectivity index (χ1) is 6.50. The highest BCUT2D eigenvalue weighted by atomic mass is 35.5. The molecule has 0 aromatic heterocycles. The third kappa shape index (κ3) is 2.70. The van der Waals surface area contributed by atoms with E-state index in [1.165, 1.54) is 18.2 Å². The number of hydrogen-bond acceptors (Lipinski definition) is 1. The number of rotatable bonds is 3. The van der Waals surface area contributed by atoms with Crippen molar-refractivity contribution in [3.63, 3.8) is 0 Å². The lowest BCUT2D eigenvalue weighted by molar-refractivity contribution is -0.137. The van der Waals surface area contributed by atoms with Crippen molar-refractivity contribution in [2.24, 2.45) is 0 Å². The van der Waals surface area contributed by atoms with Gasteiger partial charge in [-0.1, -0.05) is 24.6 Å². The van der Waals surface area contributed by atoms with Gasteiger partial charge in [0.25, 0.3) is 0 Å². The molecule has 0 radical (unpaired) electrons. The third-order valence-corrected chi connectivity index (χ3v) is 2.30. The van der Waals surface area contributed by atoms with Crippen molar-refractivity contribution in [1.82, 2.24) is 0 Å². The van der Waals surface area contributed by atoms with Crippen LogP contribution in [-0.4, -0.2) is 11.1 Å². The molecule has 76 valence electrons. The van der Waals surface area contributed by atoms with E-state index in [1.807, 2.05) is 0 Å². The van der Waals surface area contributed by atoms with Gasteiger partial charge in [0, 0.05) is 5.02 Å². The maximum absolute atomic E-state index is 12.7. The largest absolute Gasteiger partial charge is 0.481 e. The maximum Gasteiger partial charge on any atom is 0.303 e. The summed E-state index contributed by atoms with van der Waals surface area (Å²) in [6.07, 6.45) is -0.00858. The molecule has 4 heteroatoms. The predicted octanol–water partition coefficient (Wildman–Crippen LogP) is 3.06. The van der Waals surface area contributed by atoms with Crippen molar-refractivity contribution in [3.8, 4) is 0 Å². The Labute approximate surface area is 86.3 Å². The normalized spacial score (nSPS) is 12.5. The summed E-state index contributed by atoms with van der Waals surface area (Å²) in [6, 6.07) is 3.99. The number of carbonyl (C=O) groups is 1. The number of aliphatic carboxylic acids is 1. The lowest BCUT2D eigenvalue weighted by Gasteiger charge is -2.10. The Morgan fingerprint density at radius 1 is 1.64 bits per heavy atom. The average Bonchev–Trinajstić information content (AvgIpc) is 2.01. The molecule has 0 aliphatic carbocycles. The minimum absolute atomic E-state index is 0.00858. The van der Waals surface area contributed by atoms with Crippen LogP contribution in [0, 0.1) is 5.82 Å². The zero-order valence-electron chi connectivity index (χ0n) is 7.63. The Morgan fingerprint density at radius 2 is 2.29 bits per heavy atom. The topological polar surface area (TPSA) is 37.3 Å². The number of hydrogen-bond donors (Lipinski definition) is 1. The fourth-order valence-corrected chi connectivity index (χ4v) is 1.63. The van der Waals surface area contributed by atoms with Crippen LogP contribution in [0.4, 0.5) is 4.39 Å². The summed E-state index contributed by atoms with van der Waals surface area (Å²) < 4.78 is 12.7. The molecule has 1 aromatic carbocycles. The van der Waals surface area contributed by atoms with Gasteiger partial charge in [0.2, 0.25) is 0 Å². The molecule has 0 spiro atoms.